The smallest absolute Gasteiger partial charge is 0.349 e. The van der Waals surface area contributed by atoms with Crippen molar-refractivity contribution in [3.63, 3.8) is 0 Å². The summed E-state index contributed by atoms with van der Waals surface area (Å²) in [5.74, 6) is -0.312. The van der Waals surface area contributed by atoms with Crippen LogP contribution < -0.4 is 0 Å². The number of esters is 1. The Morgan fingerprint density at radius 1 is 1.42 bits per heavy atom. The molecule has 0 amide bonds. The summed E-state index contributed by atoms with van der Waals surface area (Å²) in [5.41, 5.74) is 2.09. The fraction of sp³-hybridized carbons (Fsp3) is 0.444. The lowest BCUT2D eigenvalue weighted by atomic mass is 10.2. The Balaban J connectivity index is 1.72. The average molecular weight is 346 g/mol. The molecule has 0 aliphatic carbocycles. The van der Waals surface area contributed by atoms with Crippen LogP contribution in [0.2, 0.25) is 0 Å². The molecule has 0 spiro atoms. The second-order valence-corrected chi connectivity index (χ2v) is 6.78. The highest BCUT2D eigenvalue weighted by molar-refractivity contribution is 7.13. The van der Waals surface area contributed by atoms with Gasteiger partial charge < -0.3 is 9.47 Å². The van der Waals surface area contributed by atoms with Crippen molar-refractivity contribution in [2.24, 2.45) is 0 Å². The number of nitrogens with zero attached hydrogens (tertiary/aromatic N) is 2. The summed E-state index contributed by atoms with van der Waals surface area (Å²) < 4.78 is 10.8. The lowest BCUT2D eigenvalue weighted by molar-refractivity contribution is -0.0330. The SMILES string of the molecule is CCc1nc([C@@H]2CN(Cc3ccccc3)CCO2)sc1C(=O)OC. The van der Waals surface area contributed by atoms with E-state index in [2.05, 4.69) is 34.1 Å². The predicted octanol–water partition coefficient (Wildman–Crippen LogP) is 3.07. The molecule has 0 saturated carbocycles. The van der Waals surface area contributed by atoms with Gasteiger partial charge >= 0.3 is 5.97 Å². The highest BCUT2D eigenvalue weighted by atomic mass is 32.1. The van der Waals surface area contributed by atoms with Crippen LogP contribution in [0.1, 0.15) is 39.0 Å². The van der Waals surface area contributed by atoms with Crippen LogP contribution in [0.5, 0.6) is 0 Å². The molecule has 5 nitrogen and oxygen atoms in total. The summed E-state index contributed by atoms with van der Waals surface area (Å²) in [5, 5.41) is 0.866. The van der Waals surface area contributed by atoms with Crippen LogP contribution in [0, 0.1) is 0 Å². The van der Waals surface area contributed by atoms with Gasteiger partial charge in [-0.2, -0.15) is 0 Å². The topological polar surface area (TPSA) is 51.7 Å². The normalized spacial score (nSPS) is 18.5. The molecule has 2 aromatic rings. The number of hydrogen-bond acceptors (Lipinski definition) is 6. The van der Waals surface area contributed by atoms with Gasteiger partial charge in [0.1, 0.15) is 16.0 Å². The molecule has 0 bridgehead atoms. The molecule has 1 aliphatic heterocycles. The molecule has 1 aromatic carbocycles. The van der Waals surface area contributed by atoms with E-state index in [1.54, 1.807) is 0 Å². The van der Waals surface area contributed by atoms with E-state index in [4.69, 9.17) is 9.47 Å². The minimum Gasteiger partial charge on any atom is -0.465 e. The Labute approximate surface area is 146 Å². The number of carbonyl (C=O) groups excluding carboxylic acids is 1. The van der Waals surface area contributed by atoms with Gasteiger partial charge in [-0.3, -0.25) is 4.90 Å². The van der Waals surface area contributed by atoms with Crippen molar-refractivity contribution in [3.8, 4) is 0 Å². The number of rotatable bonds is 5. The second-order valence-electron chi connectivity index (χ2n) is 5.75. The molecule has 1 aromatic heterocycles. The average Bonchev–Trinajstić information content (AvgIpc) is 3.06. The third-order valence-electron chi connectivity index (χ3n) is 4.09. The number of aromatic nitrogens is 1. The number of aryl methyl sites for hydroxylation is 1. The third-order valence-corrected chi connectivity index (χ3v) is 5.26. The van der Waals surface area contributed by atoms with E-state index in [-0.39, 0.29) is 12.1 Å². The first-order valence-corrected chi connectivity index (χ1v) is 8.98. The van der Waals surface area contributed by atoms with Crippen LogP contribution in [0.3, 0.4) is 0 Å². The standard InChI is InChI=1S/C18H22N2O3S/c1-3-14-16(18(21)22-2)24-17(19-14)15-12-20(9-10-23-15)11-13-7-5-4-6-8-13/h4-8,15H,3,9-12H2,1-2H3/t15-/m0/s1. The van der Waals surface area contributed by atoms with E-state index in [1.807, 2.05) is 13.0 Å². The lowest BCUT2D eigenvalue weighted by Crippen LogP contribution is -2.37. The molecule has 1 aliphatic rings. The predicted molar refractivity (Wildman–Crippen MR) is 93.2 cm³/mol. The number of methoxy groups -OCH3 is 1. The first-order chi connectivity index (χ1) is 11.7. The summed E-state index contributed by atoms with van der Waals surface area (Å²) in [7, 11) is 1.40. The Hall–Kier alpha value is -1.76. The maximum atomic E-state index is 11.9. The first kappa shape index (κ1) is 17.1. The first-order valence-electron chi connectivity index (χ1n) is 8.17. The minimum absolute atomic E-state index is 0.0869. The van der Waals surface area contributed by atoms with Gasteiger partial charge in [0.2, 0.25) is 0 Å². The van der Waals surface area contributed by atoms with Crippen molar-refractivity contribution in [1.29, 1.82) is 0 Å². The van der Waals surface area contributed by atoms with Gasteiger partial charge in [-0.1, -0.05) is 37.3 Å². The Morgan fingerprint density at radius 3 is 2.92 bits per heavy atom. The van der Waals surface area contributed by atoms with Crippen LogP contribution in [0.25, 0.3) is 0 Å². The highest BCUT2D eigenvalue weighted by Gasteiger charge is 2.27. The molecular weight excluding hydrogens is 324 g/mol. The summed E-state index contributed by atoms with van der Waals surface area (Å²) in [4.78, 5) is 19.5. The maximum Gasteiger partial charge on any atom is 0.349 e. The molecule has 1 fully saturated rings. The molecule has 0 radical (unpaired) electrons. The molecular formula is C18H22N2O3S. The van der Waals surface area contributed by atoms with Gasteiger partial charge in [0, 0.05) is 19.6 Å². The number of benzene rings is 1. The van der Waals surface area contributed by atoms with Crippen molar-refractivity contribution < 1.29 is 14.3 Å². The van der Waals surface area contributed by atoms with Crippen LogP contribution in [-0.4, -0.2) is 42.7 Å². The molecule has 6 heteroatoms. The van der Waals surface area contributed by atoms with Crippen molar-refractivity contribution in [2.45, 2.75) is 26.0 Å². The van der Waals surface area contributed by atoms with Gasteiger partial charge in [0.05, 0.1) is 19.4 Å². The zero-order valence-electron chi connectivity index (χ0n) is 14.0. The molecule has 1 saturated heterocycles. The van der Waals surface area contributed by atoms with Crippen LogP contribution in [-0.2, 0) is 22.4 Å². The molecule has 2 heterocycles. The van der Waals surface area contributed by atoms with Crippen molar-refractivity contribution >= 4 is 17.3 Å². The number of hydrogen-bond donors (Lipinski definition) is 0. The zero-order chi connectivity index (χ0) is 16.9. The molecule has 24 heavy (non-hydrogen) atoms. The number of ether oxygens (including phenoxy) is 2. The summed E-state index contributed by atoms with van der Waals surface area (Å²) >= 11 is 1.39. The number of thiazole rings is 1. The van der Waals surface area contributed by atoms with E-state index in [0.717, 1.165) is 30.3 Å². The third kappa shape index (κ3) is 3.83. The minimum atomic E-state index is -0.312. The highest BCUT2D eigenvalue weighted by Crippen LogP contribution is 2.30. The summed E-state index contributed by atoms with van der Waals surface area (Å²) in [6.45, 7) is 5.25. The van der Waals surface area contributed by atoms with E-state index >= 15 is 0 Å². The van der Waals surface area contributed by atoms with Gasteiger partial charge in [-0.25, -0.2) is 9.78 Å². The number of morpholine rings is 1. The number of carbonyl (C=O) groups is 1. The van der Waals surface area contributed by atoms with E-state index < -0.39 is 0 Å². The molecule has 1 atom stereocenters. The van der Waals surface area contributed by atoms with Gasteiger partial charge in [-0.15, -0.1) is 11.3 Å². The Bertz CT molecular complexity index is 687. The molecule has 128 valence electrons. The maximum absolute atomic E-state index is 11.9. The van der Waals surface area contributed by atoms with Gasteiger partial charge in [0.25, 0.3) is 0 Å². The van der Waals surface area contributed by atoms with E-state index in [0.29, 0.717) is 17.9 Å². The summed E-state index contributed by atoms with van der Waals surface area (Å²) in [6, 6.07) is 10.4. The Morgan fingerprint density at radius 2 is 2.21 bits per heavy atom. The van der Waals surface area contributed by atoms with Crippen molar-refractivity contribution in [3.05, 3.63) is 51.5 Å². The Kier molecular flexibility index (Phi) is 5.60. The van der Waals surface area contributed by atoms with Crippen molar-refractivity contribution in [1.82, 2.24) is 9.88 Å². The molecule has 3 rings (SSSR count). The molecule has 0 N–H and O–H groups in total. The fourth-order valence-electron chi connectivity index (χ4n) is 2.84. The lowest BCUT2D eigenvalue weighted by Gasteiger charge is -2.32. The van der Waals surface area contributed by atoms with Crippen LogP contribution >= 0.6 is 11.3 Å². The van der Waals surface area contributed by atoms with Crippen LogP contribution in [0.15, 0.2) is 30.3 Å². The van der Waals surface area contributed by atoms with E-state index in [9.17, 15) is 4.79 Å². The quantitative estimate of drug-likeness (QED) is 0.779. The fourth-order valence-corrected chi connectivity index (χ4v) is 3.95. The largest absolute Gasteiger partial charge is 0.465 e. The second kappa shape index (κ2) is 7.88. The van der Waals surface area contributed by atoms with Crippen LogP contribution in [0.4, 0.5) is 0 Å². The van der Waals surface area contributed by atoms with Crippen molar-refractivity contribution in [2.75, 3.05) is 26.8 Å². The zero-order valence-corrected chi connectivity index (χ0v) is 14.8. The van der Waals surface area contributed by atoms with Gasteiger partial charge in [0.15, 0.2) is 0 Å². The van der Waals surface area contributed by atoms with Gasteiger partial charge in [-0.05, 0) is 12.0 Å². The monoisotopic (exact) mass is 346 g/mol. The van der Waals surface area contributed by atoms with E-state index in [1.165, 1.54) is 24.0 Å². The molecule has 0 unspecified atom stereocenters. The summed E-state index contributed by atoms with van der Waals surface area (Å²) in [6.07, 6.45) is 0.623.